The molecule has 1 saturated heterocycles. The van der Waals surface area contributed by atoms with Crippen molar-refractivity contribution in [1.82, 2.24) is 4.90 Å². The molecule has 0 saturated carbocycles. The van der Waals surface area contributed by atoms with E-state index in [1.807, 2.05) is 42.5 Å². The predicted molar refractivity (Wildman–Crippen MR) is 148 cm³/mol. The van der Waals surface area contributed by atoms with Gasteiger partial charge in [-0.1, -0.05) is 30.3 Å². The molecule has 5 rings (SSSR count). The van der Waals surface area contributed by atoms with E-state index in [0.29, 0.717) is 0 Å². The summed E-state index contributed by atoms with van der Waals surface area (Å²) in [5.41, 5.74) is 6.07. The van der Waals surface area contributed by atoms with Gasteiger partial charge in [0, 0.05) is 34.3 Å². The van der Waals surface area contributed by atoms with E-state index < -0.39 is 6.10 Å². The number of aliphatic hydroxyl groups excluding tert-OH is 1. The van der Waals surface area contributed by atoms with E-state index in [1.54, 1.807) is 18.4 Å². The van der Waals surface area contributed by atoms with Gasteiger partial charge >= 0.3 is 0 Å². The highest BCUT2D eigenvalue weighted by molar-refractivity contribution is 7.22. The van der Waals surface area contributed by atoms with Crippen LogP contribution >= 0.6 is 11.3 Å². The fraction of sp³-hybridized carbons (Fsp3) is 0.300. The van der Waals surface area contributed by atoms with Crippen LogP contribution in [-0.4, -0.2) is 36.1 Å². The van der Waals surface area contributed by atoms with Crippen LogP contribution in [0, 0.1) is 6.92 Å². The number of carbonyl (C=O) groups is 1. The minimum Gasteiger partial charge on any atom is -0.497 e. The van der Waals surface area contributed by atoms with Crippen molar-refractivity contribution in [2.75, 3.05) is 25.5 Å². The molecule has 2 N–H and O–H groups in total. The van der Waals surface area contributed by atoms with Crippen molar-refractivity contribution >= 4 is 33.0 Å². The van der Waals surface area contributed by atoms with Gasteiger partial charge in [0.15, 0.2) is 0 Å². The zero-order valence-electron chi connectivity index (χ0n) is 21.0. The summed E-state index contributed by atoms with van der Waals surface area (Å²) in [6.07, 6.45) is 1.79. The lowest BCUT2D eigenvalue weighted by Gasteiger charge is -2.19. The first kappa shape index (κ1) is 24.5. The Morgan fingerprint density at radius 2 is 1.83 bits per heavy atom. The molecule has 1 amide bonds. The van der Waals surface area contributed by atoms with Crippen LogP contribution in [0.2, 0.25) is 0 Å². The number of methoxy groups -OCH3 is 1. The monoisotopic (exact) mass is 500 g/mol. The number of nitrogens with zero attached hydrogens (tertiary/aromatic N) is 1. The number of ether oxygens (including phenoxy) is 1. The number of likely N-dealkylation sites (tertiary alicyclic amines) is 1. The van der Waals surface area contributed by atoms with Gasteiger partial charge in [-0.2, -0.15) is 0 Å². The Hall–Kier alpha value is -3.19. The Morgan fingerprint density at radius 3 is 2.50 bits per heavy atom. The number of carbonyl (C=O) groups excluding carboxylic acids is 1. The number of aryl methyl sites for hydroxylation is 1. The highest BCUT2D eigenvalue weighted by atomic mass is 32.1. The first-order chi connectivity index (χ1) is 17.4. The quantitative estimate of drug-likeness (QED) is 0.303. The summed E-state index contributed by atoms with van der Waals surface area (Å²) in [6, 6.07) is 20.2. The zero-order valence-corrected chi connectivity index (χ0v) is 21.8. The molecule has 4 aromatic rings. The molecular formula is C30H32N2O3S. The molecule has 1 aliphatic rings. The van der Waals surface area contributed by atoms with Crippen LogP contribution in [0.3, 0.4) is 0 Å². The van der Waals surface area contributed by atoms with Crippen LogP contribution in [0.25, 0.3) is 20.5 Å². The summed E-state index contributed by atoms with van der Waals surface area (Å²) < 4.78 is 6.52. The number of thiophene rings is 1. The number of hydrogen-bond acceptors (Lipinski definition) is 5. The molecule has 1 unspecified atom stereocenters. The smallest absolute Gasteiger partial charge is 0.221 e. The molecule has 36 heavy (non-hydrogen) atoms. The Labute approximate surface area is 216 Å². The second kappa shape index (κ2) is 10.4. The average Bonchev–Trinajstić information content (AvgIpc) is 3.52. The molecule has 1 fully saturated rings. The van der Waals surface area contributed by atoms with Gasteiger partial charge in [-0.05, 0) is 90.8 Å². The minimum atomic E-state index is -0.767. The van der Waals surface area contributed by atoms with E-state index in [9.17, 15) is 9.90 Å². The molecule has 2 heterocycles. The number of nitrogens with one attached hydrogen (secondary N) is 1. The Bertz CT molecular complexity index is 1390. The maximum atomic E-state index is 11.7. The van der Waals surface area contributed by atoms with Gasteiger partial charge in [0.25, 0.3) is 0 Å². The van der Waals surface area contributed by atoms with Gasteiger partial charge in [-0.25, -0.2) is 0 Å². The average molecular weight is 501 g/mol. The molecule has 1 aromatic heterocycles. The molecular weight excluding hydrogens is 468 g/mol. The fourth-order valence-corrected chi connectivity index (χ4v) is 6.30. The highest BCUT2D eigenvalue weighted by Crippen LogP contribution is 2.45. The molecule has 186 valence electrons. The van der Waals surface area contributed by atoms with Crippen LogP contribution in [0.5, 0.6) is 5.75 Å². The lowest BCUT2D eigenvalue weighted by atomic mass is 9.94. The van der Waals surface area contributed by atoms with E-state index >= 15 is 0 Å². The van der Waals surface area contributed by atoms with Crippen LogP contribution in [0.1, 0.15) is 48.1 Å². The van der Waals surface area contributed by atoms with Crippen LogP contribution in [0.4, 0.5) is 5.69 Å². The molecule has 5 nitrogen and oxygen atoms in total. The largest absolute Gasteiger partial charge is 0.497 e. The number of hydrogen-bond donors (Lipinski definition) is 2. The van der Waals surface area contributed by atoms with Crippen LogP contribution in [-0.2, 0) is 11.3 Å². The van der Waals surface area contributed by atoms with Gasteiger partial charge in [0.2, 0.25) is 5.91 Å². The highest BCUT2D eigenvalue weighted by Gasteiger charge is 2.23. The fourth-order valence-electron chi connectivity index (χ4n) is 5.03. The van der Waals surface area contributed by atoms with Crippen LogP contribution in [0.15, 0.2) is 60.7 Å². The third kappa shape index (κ3) is 5.03. The number of aliphatic hydroxyl groups is 1. The van der Waals surface area contributed by atoms with E-state index in [4.69, 9.17) is 4.74 Å². The SMILES string of the molecule is COc1ccc2c(C(O)c3ccc(CN4CCCC4)c(C)c3)c(-c3ccc(NC(C)=O)cc3)sc2c1. The molecule has 0 radical (unpaired) electrons. The molecule has 1 aliphatic heterocycles. The molecule has 0 bridgehead atoms. The van der Waals surface area contributed by atoms with E-state index in [0.717, 1.165) is 62.7 Å². The lowest BCUT2D eigenvalue weighted by molar-refractivity contribution is -0.114. The van der Waals surface area contributed by atoms with Crippen molar-refractivity contribution in [2.24, 2.45) is 0 Å². The van der Waals surface area contributed by atoms with Crippen molar-refractivity contribution in [2.45, 2.75) is 39.3 Å². The standard InChI is InChI=1S/C30H32N2O3S/c1-19-16-22(6-7-23(19)18-32-14-4-5-15-32)29(34)28-26-13-12-25(35-3)17-27(26)36-30(28)21-8-10-24(11-9-21)31-20(2)33/h6-13,16-17,29,34H,4-5,14-15,18H2,1-3H3,(H,31,33). The number of fused-ring (bicyclic) bond motifs is 1. The number of anilines is 1. The van der Waals surface area contributed by atoms with Crippen molar-refractivity contribution in [3.63, 3.8) is 0 Å². The molecule has 3 aromatic carbocycles. The first-order valence-corrected chi connectivity index (χ1v) is 13.2. The predicted octanol–water partition coefficient (Wildman–Crippen LogP) is 6.52. The van der Waals surface area contributed by atoms with Crippen LogP contribution < -0.4 is 10.1 Å². The summed E-state index contributed by atoms with van der Waals surface area (Å²) in [5, 5.41) is 15.6. The molecule has 0 aliphatic carbocycles. The minimum absolute atomic E-state index is 0.101. The van der Waals surface area contributed by atoms with Crippen molar-refractivity contribution < 1.29 is 14.6 Å². The normalized spacial score (nSPS) is 14.8. The van der Waals surface area contributed by atoms with Gasteiger partial charge in [-0.3, -0.25) is 9.69 Å². The van der Waals surface area contributed by atoms with Gasteiger partial charge < -0.3 is 15.2 Å². The maximum Gasteiger partial charge on any atom is 0.221 e. The molecule has 1 atom stereocenters. The van der Waals surface area contributed by atoms with Crippen molar-refractivity contribution in [3.8, 4) is 16.2 Å². The van der Waals surface area contributed by atoms with E-state index in [1.165, 1.54) is 30.9 Å². The Balaban J connectivity index is 1.54. The van der Waals surface area contributed by atoms with Gasteiger partial charge in [0.05, 0.1) is 7.11 Å². The van der Waals surface area contributed by atoms with E-state index in [-0.39, 0.29) is 5.91 Å². The summed E-state index contributed by atoms with van der Waals surface area (Å²) in [5.74, 6) is 0.691. The van der Waals surface area contributed by atoms with Gasteiger partial charge in [-0.15, -0.1) is 11.3 Å². The summed E-state index contributed by atoms with van der Waals surface area (Å²) in [7, 11) is 1.67. The Kier molecular flexibility index (Phi) is 7.10. The molecule has 0 spiro atoms. The second-order valence-electron chi connectivity index (χ2n) is 9.54. The van der Waals surface area contributed by atoms with Crippen molar-refractivity contribution in [1.29, 1.82) is 0 Å². The third-order valence-corrected chi connectivity index (χ3v) is 8.17. The van der Waals surface area contributed by atoms with E-state index in [2.05, 4.69) is 35.3 Å². The summed E-state index contributed by atoms with van der Waals surface area (Å²) >= 11 is 1.64. The third-order valence-electron chi connectivity index (χ3n) is 6.95. The number of benzene rings is 3. The summed E-state index contributed by atoms with van der Waals surface area (Å²) in [6.45, 7) is 6.94. The number of amides is 1. The maximum absolute atomic E-state index is 11.7. The zero-order chi connectivity index (χ0) is 25.2. The lowest BCUT2D eigenvalue weighted by Crippen LogP contribution is -2.19. The first-order valence-electron chi connectivity index (χ1n) is 12.4. The Morgan fingerprint density at radius 1 is 1.08 bits per heavy atom. The van der Waals surface area contributed by atoms with Gasteiger partial charge in [0.1, 0.15) is 11.9 Å². The molecule has 6 heteroatoms. The summed E-state index contributed by atoms with van der Waals surface area (Å²) in [4.78, 5) is 15.0. The topological polar surface area (TPSA) is 61.8 Å². The second-order valence-corrected chi connectivity index (χ2v) is 10.6. The number of rotatable bonds is 7. The van der Waals surface area contributed by atoms with Crippen molar-refractivity contribution in [3.05, 3.63) is 82.9 Å².